The number of nitrogens with zero attached hydrogens (tertiary/aromatic N) is 1. The summed E-state index contributed by atoms with van der Waals surface area (Å²) >= 11 is 3.32. The highest BCUT2D eigenvalue weighted by Gasteiger charge is 2.25. The zero-order chi connectivity index (χ0) is 14.9. The standard InChI is InChI=1S/C14H15BrN2O3/c1-14(2,20-3)13-16-11(18)10(12(19)17-13)8-4-6-9(15)7-5-8/h4-7H,1-3H3,(H2,16,17,18,19). The van der Waals surface area contributed by atoms with Gasteiger partial charge in [-0.3, -0.25) is 4.79 Å². The van der Waals surface area contributed by atoms with E-state index in [0.29, 0.717) is 5.56 Å². The van der Waals surface area contributed by atoms with Crippen LogP contribution in [0.15, 0.2) is 33.5 Å². The van der Waals surface area contributed by atoms with Crippen molar-refractivity contribution >= 4 is 15.9 Å². The normalized spacial score (nSPS) is 11.6. The minimum absolute atomic E-state index is 0.146. The lowest BCUT2D eigenvalue weighted by atomic mass is 10.1. The Kier molecular flexibility index (Phi) is 3.96. The van der Waals surface area contributed by atoms with Crippen LogP contribution < -0.4 is 5.56 Å². The van der Waals surface area contributed by atoms with Crippen LogP contribution in [0.4, 0.5) is 0 Å². The number of aromatic nitrogens is 2. The zero-order valence-electron chi connectivity index (χ0n) is 11.4. The summed E-state index contributed by atoms with van der Waals surface area (Å²) in [5.74, 6) is -0.0282. The summed E-state index contributed by atoms with van der Waals surface area (Å²) in [6.07, 6.45) is 0. The van der Waals surface area contributed by atoms with Gasteiger partial charge in [-0.05, 0) is 31.5 Å². The molecular weight excluding hydrogens is 324 g/mol. The van der Waals surface area contributed by atoms with Crippen LogP contribution in [0.3, 0.4) is 0 Å². The Balaban J connectivity index is 2.58. The number of H-pyrrole nitrogens is 1. The molecule has 0 aliphatic rings. The molecule has 2 rings (SSSR count). The SMILES string of the molecule is COC(C)(C)c1nc(O)c(-c2ccc(Br)cc2)c(=O)[nH]1. The van der Waals surface area contributed by atoms with Crippen molar-refractivity contribution in [3.63, 3.8) is 0 Å². The van der Waals surface area contributed by atoms with Crippen LogP contribution in [-0.2, 0) is 10.3 Å². The summed E-state index contributed by atoms with van der Waals surface area (Å²) in [4.78, 5) is 18.9. The van der Waals surface area contributed by atoms with Gasteiger partial charge < -0.3 is 14.8 Å². The Morgan fingerprint density at radius 2 is 1.90 bits per heavy atom. The maximum absolute atomic E-state index is 12.2. The number of aromatic hydroxyl groups is 1. The van der Waals surface area contributed by atoms with Crippen molar-refractivity contribution in [1.82, 2.24) is 9.97 Å². The van der Waals surface area contributed by atoms with Crippen molar-refractivity contribution in [3.05, 3.63) is 44.9 Å². The van der Waals surface area contributed by atoms with Crippen LogP contribution in [0.1, 0.15) is 19.7 Å². The molecule has 106 valence electrons. The van der Waals surface area contributed by atoms with E-state index in [1.165, 1.54) is 7.11 Å². The fourth-order valence-corrected chi connectivity index (χ4v) is 1.98. The summed E-state index contributed by atoms with van der Waals surface area (Å²) in [7, 11) is 1.51. The van der Waals surface area contributed by atoms with Crippen molar-refractivity contribution in [3.8, 4) is 17.0 Å². The fraction of sp³-hybridized carbons (Fsp3) is 0.286. The molecule has 0 saturated carbocycles. The van der Waals surface area contributed by atoms with Gasteiger partial charge in [0.1, 0.15) is 17.0 Å². The molecule has 0 aliphatic heterocycles. The number of halogens is 1. The van der Waals surface area contributed by atoms with Crippen molar-refractivity contribution < 1.29 is 9.84 Å². The lowest BCUT2D eigenvalue weighted by molar-refractivity contribution is 0.0108. The Morgan fingerprint density at radius 3 is 2.40 bits per heavy atom. The quantitative estimate of drug-likeness (QED) is 0.902. The van der Waals surface area contributed by atoms with Gasteiger partial charge in [-0.2, -0.15) is 4.98 Å². The van der Waals surface area contributed by atoms with E-state index in [2.05, 4.69) is 25.9 Å². The van der Waals surface area contributed by atoms with Gasteiger partial charge in [-0.1, -0.05) is 28.1 Å². The second-order valence-electron chi connectivity index (χ2n) is 4.83. The van der Waals surface area contributed by atoms with Crippen LogP contribution in [0.25, 0.3) is 11.1 Å². The van der Waals surface area contributed by atoms with E-state index in [9.17, 15) is 9.90 Å². The Hall–Kier alpha value is -1.66. The molecule has 0 atom stereocenters. The molecule has 1 aromatic heterocycles. The predicted molar refractivity (Wildman–Crippen MR) is 79.7 cm³/mol. The third-order valence-electron chi connectivity index (χ3n) is 3.11. The van der Waals surface area contributed by atoms with E-state index in [1.54, 1.807) is 38.1 Å². The van der Waals surface area contributed by atoms with Gasteiger partial charge in [-0.25, -0.2) is 0 Å². The summed E-state index contributed by atoms with van der Waals surface area (Å²) in [6, 6.07) is 7.05. The molecule has 5 nitrogen and oxygen atoms in total. The van der Waals surface area contributed by atoms with Crippen LogP contribution in [0, 0.1) is 0 Å². The first-order valence-electron chi connectivity index (χ1n) is 6.00. The average Bonchev–Trinajstić information content (AvgIpc) is 2.40. The molecule has 0 aliphatic carbocycles. The topological polar surface area (TPSA) is 75.2 Å². The average molecular weight is 339 g/mol. The molecule has 0 spiro atoms. The second kappa shape index (κ2) is 5.38. The summed E-state index contributed by atoms with van der Waals surface area (Å²) in [5.41, 5.74) is -0.441. The van der Waals surface area contributed by atoms with Gasteiger partial charge in [0.25, 0.3) is 5.56 Å². The number of ether oxygens (including phenoxy) is 1. The Bertz CT molecular complexity index is 678. The minimum atomic E-state index is -0.783. The maximum Gasteiger partial charge on any atom is 0.262 e. The maximum atomic E-state index is 12.2. The van der Waals surface area contributed by atoms with E-state index in [1.807, 2.05) is 0 Å². The van der Waals surface area contributed by atoms with Gasteiger partial charge in [0, 0.05) is 11.6 Å². The first kappa shape index (κ1) is 14.7. The molecule has 0 radical (unpaired) electrons. The smallest absolute Gasteiger partial charge is 0.262 e. The minimum Gasteiger partial charge on any atom is -0.493 e. The second-order valence-corrected chi connectivity index (χ2v) is 5.75. The monoisotopic (exact) mass is 338 g/mol. The summed E-state index contributed by atoms with van der Waals surface area (Å²) < 4.78 is 6.14. The third kappa shape index (κ3) is 2.76. The number of benzene rings is 1. The molecule has 2 N–H and O–H groups in total. The van der Waals surface area contributed by atoms with E-state index in [-0.39, 0.29) is 17.3 Å². The molecule has 0 saturated heterocycles. The van der Waals surface area contributed by atoms with Crippen molar-refractivity contribution in [2.45, 2.75) is 19.4 Å². The number of methoxy groups -OCH3 is 1. The van der Waals surface area contributed by atoms with Crippen LogP contribution in [0.5, 0.6) is 5.88 Å². The number of nitrogens with one attached hydrogen (secondary N) is 1. The highest BCUT2D eigenvalue weighted by Crippen LogP contribution is 2.27. The molecule has 1 heterocycles. The molecular formula is C14H15BrN2O3. The molecule has 0 unspecified atom stereocenters. The van der Waals surface area contributed by atoms with Crippen LogP contribution in [-0.4, -0.2) is 22.2 Å². The van der Waals surface area contributed by atoms with Gasteiger partial charge in [0.05, 0.1) is 0 Å². The zero-order valence-corrected chi connectivity index (χ0v) is 13.0. The Labute approximate surface area is 124 Å². The van der Waals surface area contributed by atoms with Gasteiger partial charge in [-0.15, -0.1) is 0 Å². The lowest BCUT2D eigenvalue weighted by Gasteiger charge is -2.21. The number of hydrogen-bond acceptors (Lipinski definition) is 4. The van der Waals surface area contributed by atoms with Crippen molar-refractivity contribution in [1.29, 1.82) is 0 Å². The Morgan fingerprint density at radius 1 is 1.30 bits per heavy atom. The molecule has 6 heteroatoms. The lowest BCUT2D eigenvalue weighted by Crippen LogP contribution is -2.27. The highest BCUT2D eigenvalue weighted by molar-refractivity contribution is 9.10. The summed E-state index contributed by atoms with van der Waals surface area (Å²) in [6.45, 7) is 3.51. The van der Waals surface area contributed by atoms with Crippen LogP contribution >= 0.6 is 15.9 Å². The van der Waals surface area contributed by atoms with Gasteiger partial charge in [0.2, 0.25) is 5.88 Å². The van der Waals surface area contributed by atoms with E-state index in [4.69, 9.17) is 4.74 Å². The van der Waals surface area contributed by atoms with E-state index < -0.39 is 11.2 Å². The van der Waals surface area contributed by atoms with Crippen molar-refractivity contribution in [2.24, 2.45) is 0 Å². The number of aromatic amines is 1. The largest absolute Gasteiger partial charge is 0.493 e. The van der Waals surface area contributed by atoms with Gasteiger partial charge >= 0.3 is 0 Å². The predicted octanol–water partition coefficient (Wildman–Crippen LogP) is 2.79. The molecule has 1 aromatic carbocycles. The fourth-order valence-electron chi connectivity index (χ4n) is 1.72. The first-order valence-corrected chi connectivity index (χ1v) is 6.79. The van der Waals surface area contributed by atoms with Crippen molar-refractivity contribution in [2.75, 3.05) is 7.11 Å². The molecule has 2 aromatic rings. The third-order valence-corrected chi connectivity index (χ3v) is 3.64. The molecule has 0 fully saturated rings. The number of rotatable bonds is 3. The molecule has 20 heavy (non-hydrogen) atoms. The first-order chi connectivity index (χ1) is 9.35. The molecule has 0 amide bonds. The summed E-state index contributed by atoms with van der Waals surface area (Å²) in [5, 5.41) is 10.1. The van der Waals surface area contributed by atoms with Gasteiger partial charge in [0.15, 0.2) is 0 Å². The van der Waals surface area contributed by atoms with E-state index in [0.717, 1.165) is 4.47 Å². The highest BCUT2D eigenvalue weighted by atomic mass is 79.9. The number of hydrogen-bond donors (Lipinski definition) is 2. The molecule has 0 bridgehead atoms. The van der Waals surface area contributed by atoms with E-state index >= 15 is 0 Å². The van der Waals surface area contributed by atoms with Crippen LogP contribution in [0.2, 0.25) is 0 Å².